The van der Waals surface area contributed by atoms with Gasteiger partial charge in [-0.1, -0.05) is 23.7 Å². The van der Waals surface area contributed by atoms with E-state index in [1.807, 2.05) is 0 Å². The van der Waals surface area contributed by atoms with Gasteiger partial charge in [-0.05, 0) is 17.7 Å². The molecule has 1 aromatic carbocycles. The van der Waals surface area contributed by atoms with Crippen LogP contribution in [0.2, 0.25) is 0 Å². The van der Waals surface area contributed by atoms with E-state index in [2.05, 4.69) is 0 Å². The number of phenolic OH excluding ortho intramolecular Hbond substituents is 1. The molecule has 13 heavy (non-hydrogen) atoms. The average molecular weight is 241 g/mol. The van der Waals surface area contributed by atoms with Crippen molar-refractivity contribution in [2.24, 2.45) is 0 Å². The van der Waals surface area contributed by atoms with E-state index in [-0.39, 0.29) is 5.75 Å². The maximum Gasteiger partial charge on any atom is 0.253 e. The molecule has 1 N–H and O–H groups in total. The van der Waals surface area contributed by atoms with E-state index in [9.17, 15) is 8.42 Å². The minimum absolute atomic E-state index is 0.0413. The van der Waals surface area contributed by atoms with E-state index in [1.165, 1.54) is 24.3 Å². The molecule has 0 aliphatic rings. The summed E-state index contributed by atoms with van der Waals surface area (Å²) in [6.07, 6.45) is 0. The topological polar surface area (TPSA) is 54.4 Å². The molecule has 0 aromatic heterocycles. The van der Waals surface area contributed by atoms with Gasteiger partial charge in [0, 0.05) is 10.7 Å². The predicted molar refractivity (Wildman–Crippen MR) is 51.5 cm³/mol. The first-order chi connectivity index (χ1) is 5.91. The lowest BCUT2D eigenvalue weighted by molar-refractivity contribution is 0.475. The number of benzene rings is 1. The largest absolute Gasteiger partial charge is 0.508 e. The first kappa shape index (κ1) is 10.6. The lowest BCUT2D eigenvalue weighted by atomic mass is 10.2. The van der Waals surface area contributed by atoms with Gasteiger partial charge in [-0.15, -0.1) is 0 Å². The first-order valence-electron chi connectivity index (χ1n) is 3.28. The summed E-state index contributed by atoms with van der Waals surface area (Å²) >= 11 is 5.53. The molecular formula is C7H6Cl2O3S. The molecule has 6 heteroatoms. The van der Waals surface area contributed by atoms with Crippen molar-refractivity contribution in [2.75, 3.05) is 0 Å². The summed E-state index contributed by atoms with van der Waals surface area (Å²) in [5, 5.41) is 8.92. The fourth-order valence-corrected chi connectivity index (χ4v) is 1.72. The predicted octanol–water partition coefficient (Wildman–Crippen LogP) is 2.20. The van der Waals surface area contributed by atoms with Crippen LogP contribution in [0.1, 0.15) is 10.3 Å². The standard InChI is InChI=1S/C7H6Cl2O3S/c8-7(13(9,11)12)5-1-3-6(10)4-2-5/h1-4,7,10H. The third kappa shape index (κ3) is 2.76. The van der Waals surface area contributed by atoms with E-state index >= 15 is 0 Å². The zero-order valence-corrected chi connectivity index (χ0v) is 8.64. The van der Waals surface area contributed by atoms with Gasteiger partial charge in [0.15, 0.2) is 4.71 Å². The zero-order valence-electron chi connectivity index (χ0n) is 6.31. The highest BCUT2D eigenvalue weighted by atomic mass is 35.7. The molecule has 0 bridgehead atoms. The summed E-state index contributed by atoms with van der Waals surface area (Å²) in [6.45, 7) is 0. The molecule has 1 atom stereocenters. The van der Waals surface area contributed by atoms with Gasteiger partial charge in [0.2, 0.25) is 0 Å². The van der Waals surface area contributed by atoms with Crippen LogP contribution in [0, 0.1) is 0 Å². The summed E-state index contributed by atoms with van der Waals surface area (Å²) in [7, 11) is 1.22. The lowest BCUT2D eigenvalue weighted by Crippen LogP contribution is -1.99. The van der Waals surface area contributed by atoms with Crippen molar-refractivity contribution in [3.05, 3.63) is 29.8 Å². The SMILES string of the molecule is O=S(=O)(Cl)C(Cl)c1ccc(O)cc1. The second kappa shape index (κ2) is 3.74. The van der Waals surface area contributed by atoms with Gasteiger partial charge in [-0.3, -0.25) is 0 Å². The Kier molecular flexibility index (Phi) is 3.05. The maximum absolute atomic E-state index is 10.8. The molecule has 0 aliphatic carbocycles. The Morgan fingerprint density at radius 1 is 1.23 bits per heavy atom. The highest BCUT2D eigenvalue weighted by Crippen LogP contribution is 2.30. The van der Waals surface area contributed by atoms with Crippen LogP contribution in [0.4, 0.5) is 0 Å². The Morgan fingerprint density at radius 2 is 1.69 bits per heavy atom. The van der Waals surface area contributed by atoms with Crippen molar-refractivity contribution in [3.63, 3.8) is 0 Å². The molecule has 1 rings (SSSR count). The fraction of sp³-hybridized carbons (Fsp3) is 0.143. The van der Waals surface area contributed by atoms with Crippen molar-refractivity contribution >= 4 is 31.3 Å². The van der Waals surface area contributed by atoms with Crippen LogP contribution in [0.3, 0.4) is 0 Å². The number of aromatic hydroxyl groups is 1. The molecule has 0 aliphatic heterocycles. The second-order valence-electron chi connectivity index (χ2n) is 2.38. The van der Waals surface area contributed by atoms with E-state index in [1.54, 1.807) is 0 Å². The number of hydrogen-bond donors (Lipinski definition) is 1. The molecule has 0 fully saturated rings. The summed E-state index contributed by atoms with van der Waals surface area (Å²) in [5.74, 6) is 0.0413. The Labute approximate surface area is 85.3 Å². The summed E-state index contributed by atoms with van der Waals surface area (Å²) < 4.78 is 20.3. The van der Waals surface area contributed by atoms with Crippen LogP contribution in [-0.2, 0) is 9.05 Å². The molecule has 0 radical (unpaired) electrons. The highest BCUT2D eigenvalue weighted by molar-refractivity contribution is 8.14. The number of rotatable bonds is 2. The number of halogens is 2. The molecule has 0 amide bonds. The van der Waals surface area contributed by atoms with Crippen LogP contribution in [0.25, 0.3) is 0 Å². The van der Waals surface area contributed by atoms with Gasteiger partial charge in [0.1, 0.15) is 5.75 Å². The Bertz CT molecular complexity index is 385. The average Bonchev–Trinajstić information content (AvgIpc) is 2.03. The monoisotopic (exact) mass is 240 g/mol. The maximum atomic E-state index is 10.8. The first-order valence-corrected chi connectivity index (χ1v) is 6.08. The van der Waals surface area contributed by atoms with Crippen molar-refractivity contribution in [3.8, 4) is 5.75 Å². The highest BCUT2D eigenvalue weighted by Gasteiger charge is 2.21. The van der Waals surface area contributed by atoms with Crippen LogP contribution in [0.5, 0.6) is 5.75 Å². The third-order valence-electron chi connectivity index (χ3n) is 1.40. The zero-order chi connectivity index (χ0) is 10.1. The van der Waals surface area contributed by atoms with Gasteiger partial charge in [0.25, 0.3) is 9.05 Å². The molecule has 0 heterocycles. The van der Waals surface area contributed by atoms with Crippen molar-refractivity contribution in [1.29, 1.82) is 0 Å². The van der Waals surface area contributed by atoms with Gasteiger partial charge in [0.05, 0.1) is 0 Å². The molecule has 0 saturated carbocycles. The summed E-state index contributed by atoms with van der Waals surface area (Å²) in [6, 6.07) is 5.47. The van der Waals surface area contributed by atoms with Gasteiger partial charge in [-0.2, -0.15) is 0 Å². The van der Waals surface area contributed by atoms with Gasteiger partial charge in [-0.25, -0.2) is 8.42 Å². The normalized spacial score (nSPS) is 14.0. The van der Waals surface area contributed by atoms with Crippen LogP contribution >= 0.6 is 22.3 Å². The molecule has 0 spiro atoms. The quantitative estimate of drug-likeness (QED) is 0.637. The summed E-state index contributed by atoms with van der Waals surface area (Å²) in [5.41, 5.74) is 0.328. The van der Waals surface area contributed by atoms with Crippen LogP contribution in [-0.4, -0.2) is 13.5 Å². The molecular weight excluding hydrogens is 235 g/mol. The molecule has 1 aromatic rings. The van der Waals surface area contributed by atoms with Crippen molar-refractivity contribution < 1.29 is 13.5 Å². The Morgan fingerprint density at radius 3 is 2.08 bits per heavy atom. The number of hydrogen-bond acceptors (Lipinski definition) is 3. The van der Waals surface area contributed by atoms with E-state index in [4.69, 9.17) is 27.4 Å². The van der Waals surface area contributed by atoms with Crippen LogP contribution in [0.15, 0.2) is 24.3 Å². The third-order valence-corrected chi connectivity index (χ3v) is 3.93. The Hall–Kier alpha value is -0.450. The molecule has 3 nitrogen and oxygen atoms in total. The number of phenols is 1. The van der Waals surface area contributed by atoms with E-state index in [0.717, 1.165) is 0 Å². The van der Waals surface area contributed by atoms with E-state index in [0.29, 0.717) is 5.56 Å². The minimum atomic E-state index is -3.81. The van der Waals surface area contributed by atoms with Gasteiger partial charge < -0.3 is 5.11 Å². The second-order valence-corrected chi connectivity index (χ2v) is 5.79. The smallest absolute Gasteiger partial charge is 0.253 e. The Balaban J connectivity index is 3.04. The number of alkyl halides is 1. The minimum Gasteiger partial charge on any atom is -0.508 e. The van der Waals surface area contributed by atoms with Gasteiger partial charge >= 0.3 is 0 Å². The molecule has 72 valence electrons. The van der Waals surface area contributed by atoms with Crippen LogP contribution < -0.4 is 0 Å². The van der Waals surface area contributed by atoms with Crippen molar-refractivity contribution in [1.82, 2.24) is 0 Å². The van der Waals surface area contributed by atoms with E-state index < -0.39 is 13.8 Å². The molecule has 0 saturated heterocycles. The van der Waals surface area contributed by atoms with Crippen molar-refractivity contribution in [2.45, 2.75) is 4.71 Å². The molecule has 1 unspecified atom stereocenters. The summed E-state index contributed by atoms with van der Waals surface area (Å²) in [4.78, 5) is 0. The lowest BCUT2D eigenvalue weighted by Gasteiger charge is -2.04. The fourth-order valence-electron chi connectivity index (χ4n) is 0.788.